The minimum atomic E-state index is 0.0737. The monoisotopic (exact) mass is 318 g/mol. The number of para-hydroxylation sites is 1. The number of nitrogens with one attached hydrogen (secondary N) is 1. The molecule has 3 rings (SSSR count). The second-order valence-corrected chi connectivity index (χ2v) is 7.09. The van der Waals surface area contributed by atoms with Crippen molar-refractivity contribution in [3.63, 3.8) is 0 Å². The van der Waals surface area contributed by atoms with Crippen molar-refractivity contribution in [2.45, 2.75) is 44.6 Å². The summed E-state index contributed by atoms with van der Waals surface area (Å²) in [5.41, 5.74) is 1.01. The van der Waals surface area contributed by atoms with Crippen LogP contribution in [0.3, 0.4) is 0 Å². The molecule has 0 radical (unpaired) electrons. The first-order valence-corrected chi connectivity index (χ1v) is 8.82. The van der Waals surface area contributed by atoms with Crippen LogP contribution < -0.4 is 5.32 Å². The van der Waals surface area contributed by atoms with Crippen molar-refractivity contribution in [3.8, 4) is 0 Å². The number of nitrogens with zero attached hydrogens (tertiary/aromatic N) is 1. The molecule has 118 valence electrons. The Morgan fingerprint density at radius 1 is 1.32 bits per heavy atom. The van der Waals surface area contributed by atoms with Crippen LogP contribution in [0.2, 0.25) is 0 Å². The van der Waals surface area contributed by atoms with E-state index in [1.165, 1.54) is 4.70 Å². The van der Waals surface area contributed by atoms with Crippen LogP contribution in [-0.2, 0) is 11.2 Å². The number of hydrogen-bond donors (Lipinski definition) is 2. The number of carbonyl (C=O) groups excluding carboxylic acids is 1. The second-order valence-electron chi connectivity index (χ2n) is 5.98. The van der Waals surface area contributed by atoms with Gasteiger partial charge in [-0.25, -0.2) is 4.98 Å². The summed E-state index contributed by atoms with van der Waals surface area (Å²) in [4.78, 5) is 16.7. The van der Waals surface area contributed by atoms with E-state index in [4.69, 9.17) is 0 Å². The van der Waals surface area contributed by atoms with Gasteiger partial charge in [-0.1, -0.05) is 25.0 Å². The number of carbonyl (C=O) groups is 1. The van der Waals surface area contributed by atoms with Crippen molar-refractivity contribution in [2.24, 2.45) is 5.92 Å². The third-order valence-corrected chi connectivity index (χ3v) is 5.49. The van der Waals surface area contributed by atoms with Crippen molar-refractivity contribution in [1.82, 2.24) is 10.3 Å². The standard InChI is InChI=1S/C17H22N2O2S/c20-11-12-5-1-2-6-13(12)18-16(21)9-10-17-19-14-7-3-4-8-15(14)22-17/h3-4,7-8,12-13,20H,1-2,5-6,9-11H2,(H,18,21). The van der Waals surface area contributed by atoms with E-state index >= 15 is 0 Å². The van der Waals surface area contributed by atoms with Gasteiger partial charge >= 0.3 is 0 Å². The quantitative estimate of drug-likeness (QED) is 0.891. The van der Waals surface area contributed by atoms with Crippen LogP contribution in [0.1, 0.15) is 37.1 Å². The smallest absolute Gasteiger partial charge is 0.220 e. The lowest BCUT2D eigenvalue weighted by Crippen LogP contribution is -2.43. The topological polar surface area (TPSA) is 62.2 Å². The highest BCUT2D eigenvalue weighted by Crippen LogP contribution is 2.25. The Bertz CT molecular complexity index is 607. The number of aliphatic hydroxyl groups is 1. The number of thiazole rings is 1. The molecule has 22 heavy (non-hydrogen) atoms. The van der Waals surface area contributed by atoms with E-state index in [1.807, 2.05) is 18.2 Å². The number of hydrogen-bond acceptors (Lipinski definition) is 4. The Labute approximate surface area is 134 Å². The van der Waals surface area contributed by atoms with Gasteiger partial charge in [0.25, 0.3) is 0 Å². The number of aryl methyl sites for hydroxylation is 1. The number of fused-ring (bicyclic) bond motifs is 1. The van der Waals surface area contributed by atoms with Crippen LogP contribution in [0.25, 0.3) is 10.2 Å². The van der Waals surface area contributed by atoms with Gasteiger partial charge in [-0.05, 0) is 25.0 Å². The summed E-state index contributed by atoms with van der Waals surface area (Å²) >= 11 is 1.66. The number of rotatable bonds is 5. The Morgan fingerprint density at radius 3 is 2.95 bits per heavy atom. The minimum Gasteiger partial charge on any atom is -0.396 e. The molecule has 1 heterocycles. The van der Waals surface area contributed by atoms with Crippen LogP contribution in [0.4, 0.5) is 0 Å². The second kappa shape index (κ2) is 7.20. The van der Waals surface area contributed by atoms with E-state index in [0.29, 0.717) is 12.8 Å². The molecule has 2 unspecified atom stereocenters. The molecule has 2 N–H and O–H groups in total. The van der Waals surface area contributed by atoms with Crippen molar-refractivity contribution < 1.29 is 9.90 Å². The molecule has 2 aromatic rings. The predicted octanol–water partition coefficient (Wildman–Crippen LogP) is 2.90. The molecule has 1 aliphatic carbocycles. The number of aliphatic hydroxyl groups excluding tert-OH is 1. The lowest BCUT2D eigenvalue weighted by atomic mass is 9.85. The molecule has 1 saturated carbocycles. The first kappa shape index (κ1) is 15.4. The summed E-state index contributed by atoms with van der Waals surface area (Å²) in [5.74, 6) is 0.296. The SMILES string of the molecule is O=C(CCc1nc2ccccc2s1)NC1CCCCC1CO. The molecule has 1 aromatic carbocycles. The molecule has 0 spiro atoms. The van der Waals surface area contributed by atoms with Crippen LogP contribution >= 0.6 is 11.3 Å². The van der Waals surface area contributed by atoms with Gasteiger partial charge in [0.1, 0.15) is 0 Å². The minimum absolute atomic E-state index is 0.0737. The predicted molar refractivity (Wildman–Crippen MR) is 88.9 cm³/mol. The van der Waals surface area contributed by atoms with E-state index in [1.54, 1.807) is 11.3 Å². The third kappa shape index (κ3) is 3.65. The van der Waals surface area contributed by atoms with Gasteiger partial charge < -0.3 is 10.4 Å². The van der Waals surface area contributed by atoms with Gasteiger partial charge in [0.05, 0.1) is 15.2 Å². The summed E-state index contributed by atoms with van der Waals surface area (Å²) in [6, 6.07) is 8.20. The highest BCUT2D eigenvalue weighted by atomic mass is 32.1. The third-order valence-electron chi connectivity index (χ3n) is 4.39. The van der Waals surface area contributed by atoms with E-state index in [0.717, 1.165) is 36.2 Å². The molecule has 4 nitrogen and oxygen atoms in total. The average Bonchev–Trinajstić information content (AvgIpc) is 2.96. The van der Waals surface area contributed by atoms with Gasteiger partial charge in [0, 0.05) is 31.4 Å². The molecule has 5 heteroatoms. The summed E-state index contributed by atoms with van der Waals surface area (Å²) in [7, 11) is 0. The lowest BCUT2D eigenvalue weighted by Gasteiger charge is -2.30. The highest BCUT2D eigenvalue weighted by molar-refractivity contribution is 7.18. The molecule has 2 atom stereocenters. The molecule has 1 fully saturated rings. The van der Waals surface area contributed by atoms with Gasteiger partial charge in [0.2, 0.25) is 5.91 Å². The van der Waals surface area contributed by atoms with Crippen LogP contribution in [0, 0.1) is 5.92 Å². The molecular formula is C17H22N2O2S. The molecule has 0 aliphatic heterocycles. The van der Waals surface area contributed by atoms with Crippen molar-refractivity contribution in [2.75, 3.05) is 6.61 Å². The zero-order chi connectivity index (χ0) is 15.4. The molecule has 1 amide bonds. The molecule has 0 saturated heterocycles. The summed E-state index contributed by atoms with van der Waals surface area (Å²) in [5, 5.41) is 13.5. The maximum Gasteiger partial charge on any atom is 0.220 e. The normalized spacial score (nSPS) is 21.9. The summed E-state index contributed by atoms with van der Waals surface area (Å²) in [6.45, 7) is 0.169. The number of amides is 1. The fourth-order valence-corrected chi connectivity index (χ4v) is 4.11. The largest absolute Gasteiger partial charge is 0.396 e. The van der Waals surface area contributed by atoms with E-state index < -0.39 is 0 Å². The van der Waals surface area contributed by atoms with E-state index in [-0.39, 0.29) is 24.5 Å². The Kier molecular flexibility index (Phi) is 5.05. The summed E-state index contributed by atoms with van der Waals surface area (Å²) in [6.07, 6.45) is 5.44. The van der Waals surface area contributed by atoms with E-state index in [9.17, 15) is 9.90 Å². The highest BCUT2D eigenvalue weighted by Gasteiger charge is 2.25. The Hall–Kier alpha value is -1.46. The first-order valence-electron chi connectivity index (χ1n) is 8.01. The maximum atomic E-state index is 12.1. The average molecular weight is 318 g/mol. The summed E-state index contributed by atoms with van der Waals surface area (Å²) < 4.78 is 1.17. The van der Waals surface area contributed by atoms with Gasteiger partial charge in [-0.15, -0.1) is 11.3 Å². The fraction of sp³-hybridized carbons (Fsp3) is 0.529. The van der Waals surface area contributed by atoms with Gasteiger partial charge in [-0.2, -0.15) is 0 Å². The Balaban J connectivity index is 1.53. The van der Waals surface area contributed by atoms with Gasteiger partial charge in [0.15, 0.2) is 0 Å². The molecule has 1 aliphatic rings. The molecular weight excluding hydrogens is 296 g/mol. The van der Waals surface area contributed by atoms with Crippen molar-refractivity contribution in [1.29, 1.82) is 0 Å². The fourth-order valence-electron chi connectivity index (χ4n) is 3.14. The lowest BCUT2D eigenvalue weighted by molar-refractivity contribution is -0.122. The van der Waals surface area contributed by atoms with Crippen LogP contribution in [0.15, 0.2) is 24.3 Å². The maximum absolute atomic E-state index is 12.1. The van der Waals surface area contributed by atoms with E-state index in [2.05, 4.69) is 16.4 Å². The Morgan fingerprint density at radius 2 is 2.14 bits per heavy atom. The zero-order valence-corrected chi connectivity index (χ0v) is 13.4. The van der Waals surface area contributed by atoms with Crippen LogP contribution in [-0.4, -0.2) is 28.6 Å². The van der Waals surface area contributed by atoms with Crippen molar-refractivity contribution >= 4 is 27.5 Å². The zero-order valence-electron chi connectivity index (χ0n) is 12.6. The molecule has 0 bridgehead atoms. The number of aromatic nitrogens is 1. The first-order chi connectivity index (χ1) is 10.8. The van der Waals surface area contributed by atoms with Gasteiger partial charge in [-0.3, -0.25) is 4.79 Å². The number of benzene rings is 1. The van der Waals surface area contributed by atoms with Crippen LogP contribution in [0.5, 0.6) is 0 Å². The van der Waals surface area contributed by atoms with Crippen molar-refractivity contribution in [3.05, 3.63) is 29.3 Å². The molecule has 1 aromatic heterocycles.